The van der Waals surface area contributed by atoms with E-state index in [0.29, 0.717) is 36.4 Å². The van der Waals surface area contributed by atoms with Crippen molar-refractivity contribution in [2.45, 2.75) is 112 Å². The first-order valence-electron chi connectivity index (χ1n) is 16.5. The lowest BCUT2D eigenvalue weighted by atomic mass is 9.73. The number of nitrogens with zero attached hydrogens (tertiary/aromatic N) is 1. The fourth-order valence-corrected chi connectivity index (χ4v) is 9.30. The number of hydrogen-bond acceptors (Lipinski definition) is 6. The number of phenols is 1. The average molecular weight is 607 g/mol. The number of carbonyl (C=O) groups excluding carboxylic acids is 5. The van der Waals surface area contributed by atoms with Gasteiger partial charge in [0.25, 0.3) is 5.91 Å². The second-order valence-corrected chi connectivity index (χ2v) is 16.0. The number of carbonyl (C=O) groups is 5. The molecule has 44 heavy (non-hydrogen) atoms. The lowest BCUT2D eigenvalue weighted by Gasteiger charge is -2.35. The van der Waals surface area contributed by atoms with E-state index in [-0.39, 0.29) is 52.3 Å². The van der Waals surface area contributed by atoms with Crippen LogP contribution in [0.4, 0.5) is 0 Å². The molecule has 4 aliphatic rings. The van der Waals surface area contributed by atoms with Crippen LogP contribution in [-0.2, 0) is 19.2 Å². The Morgan fingerprint density at radius 3 is 2.18 bits per heavy atom. The van der Waals surface area contributed by atoms with Crippen LogP contribution in [0.25, 0.3) is 0 Å². The van der Waals surface area contributed by atoms with Gasteiger partial charge in [0.05, 0.1) is 12.0 Å². The Hall–Kier alpha value is -3.03. The van der Waals surface area contributed by atoms with E-state index in [1.807, 2.05) is 20.8 Å². The van der Waals surface area contributed by atoms with Crippen LogP contribution in [0.1, 0.15) is 115 Å². The van der Waals surface area contributed by atoms with E-state index < -0.39 is 35.0 Å². The number of amides is 2. The SMILES string of the molecule is Cc1c(O)cccc1C(=O)C[C@H](C(=O)N1C[C@]2(C[C@H]1C(=O)CC(CC1CCC1)C(=O)C(N)=O)C(C)(C)C21CCC1)C(C)(C)C. The molecule has 3 saturated carbocycles. The van der Waals surface area contributed by atoms with Crippen molar-refractivity contribution < 1.29 is 29.1 Å². The summed E-state index contributed by atoms with van der Waals surface area (Å²) in [5.41, 5.74) is 5.56. The van der Waals surface area contributed by atoms with Crippen molar-refractivity contribution >= 4 is 29.2 Å². The van der Waals surface area contributed by atoms with Gasteiger partial charge in [-0.25, -0.2) is 0 Å². The fourth-order valence-electron chi connectivity index (χ4n) is 9.30. The summed E-state index contributed by atoms with van der Waals surface area (Å²) in [5.74, 6) is -3.45. The van der Waals surface area contributed by atoms with Crippen LogP contribution in [0.3, 0.4) is 0 Å². The molecule has 3 N–H and O–H groups in total. The molecule has 240 valence electrons. The molecule has 1 aliphatic heterocycles. The van der Waals surface area contributed by atoms with Gasteiger partial charge in [-0.3, -0.25) is 24.0 Å². The molecule has 8 nitrogen and oxygen atoms in total. The maximum Gasteiger partial charge on any atom is 0.285 e. The predicted molar refractivity (Wildman–Crippen MR) is 167 cm³/mol. The first-order valence-corrected chi connectivity index (χ1v) is 16.5. The fraction of sp³-hybridized carbons (Fsp3) is 0.694. The standard InChI is InChI=1S/C36H50N2O6/c1-21-24(12-8-13-27(21)39)28(40)18-25(33(2,3)4)32(44)38-20-36(34(5,6)35(36)14-9-15-35)19-26(38)29(41)17-23(30(42)31(37)43)16-22-10-7-11-22/h8,12-13,22-23,25-26,39H,7,9-11,14-20H2,1-6H3,(H2,37,43)/t23?,25-,26+,36-/m1/s1. The lowest BCUT2D eigenvalue weighted by molar-refractivity contribution is -0.145. The van der Waals surface area contributed by atoms with Crippen LogP contribution in [0, 0.1) is 46.3 Å². The van der Waals surface area contributed by atoms with Crippen LogP contribution in [0.15, 0.2) is 18.2 Å². The van der Waals surface area contributed by atoms with Gasteiger partial charge in [0.1, 0.15) is 5.75 Å². The average Bonchev–Trinajstić information content (AvgIpc) is 3.12. The van der Waals surface area contributed by atoms with Crippen LogP contribution >= 0.6 is 0 Å². The number of primary amides is 1. The Morgan fingerprint density at radius 1 is 1.02 bits per heavy atom. The summed E-state index contributed by atoms with van der Waals surface area (Å²) in [4.78, 5) is 69.1. The number of aromatic hydroxyl groups is 1. The third kappa shape index (κ3) is 5.00. The molecule has 1 aromatic rings. The van der Waals surface area contributed by atoms with Gasteiger partial charge in [-0.1, -0.05) is 72.4 Å². The zero-order valence-corrected chi connectivity index (χ0v) is 27.3. The van der Waals surface area contributed by atoms with Gasteiger partial charge < -0.3 is 15.7 Å². The summed E-state index contributed by atoms with van der Waals surface area (Å²) in [6.07, 6.45) is 7.19. The highest BCUT2D eigenvalue weighted by Gasteiger charge is 2.85. The molecule has 1 aromatic carbocycles. The van der Waals surface area contributed by atoms with E-state index in [4.69, 9.17) is 5.73 Å². The van der Waals surface area contributed by atoms with Gasteiger partial charge in [-0.05, 0) is 60.8 Å². The van der Waals surface area contributed by atoms with Crippen molar-refractivity contribution in [1.82, 2.24) is 4.90 Å². The summed E-state index contributed by atoms with van der Waals surface area (Å²) in [6, 6.07) is 4.12. The van der Waals surface area contributed by atoms with Gasteiger partial charge >= 0.3 is 0 Å². The minimum atomic E-state index is -1.01. The monoisotopic (exact) mass is 606 g/mol. The first kappa shape index (κ1) is 32.4. The highest BCUT2D eigenvalue weighted by atomic mass is 16.3. The molecule has 2 amide bonds. The maximum absolute atomic E-state index is 14.7. The quantitative estimate of drug-likeness (QED) is 0.250. The summed E-state index contributed by atoms with van der Waals surface area (Å²) >= 11 is 0. The summed E-state index contributed by atoms with van der Waals surface area (Å²) in [6.45, 7) is 12.5. The molecule has 1 heterocycles. The smallest absolute Gasteiger partial charge is 0.285 e. The van der Waals surface area contributed by atoms with Crippen LogP contribution in [-0.4, -0.2) is 51.8 Å². The lowest BCUT2D eigenvalue weighted by Crippen LogP contribution is -2.48. The molecule has 0 bridgehead atoms. The maximum atomic E-state index is 14.7. The highest BCUT2D eigenvalue weighted by Crippen LogP contribution is 2.88. The highest BCUT2D eigenvalue weighted by molar-refractivity contribution is 6.36. The van der Waals surface area contributed by atoms with Crippen molar-refractivity contribution in [3.8, 4) is 5.75 Å². The number of hydrogen-bond donors (Lipinski definition) is 2. The van der Waals surface area contributed by atoms with Crippen molar-refractivity contribution in [2.75, 3.05) is 6.54 Å². The van der Waals surface area contributed by atoms with Crippen LogP contribution < -0.4 is 5.73 Å². The minimum absolute atomic E-state index is 0.0327. The molecular weight excluding hydrogens is 556 g/mol. The number of fused-ring (bicyclic) bond motifs is 1. The number of likely N-dealkylation sites (tertiary alicyclic amines) is 1. The molecule has 1 saturated heterocycles. The second-order valence-electron chi connectivity index (χ2n) is 16.0. The second kappa shape index (κ2) is 11.1. The molecule has 8 heteroatoms. The number of benzene rings is 1. The van der Waals surface area contributed by atoms with Crippen molar-refractivity contribution in [3.05, 3.63) is 29.3 Å². The number of rotatable bonds is 11. The summed E-state index contributed by atoms with van der Waals surface area (Å²) < 4.78 is 0. The number of Topliss-reactive ketones (excluding diaryl/α,β-unsaturated/α-hetero) is 3. The van der Waals surface area contributed by atoms with Crippen molar-refractivity contribution in [1.29, 1.82) is 0 Å². The molecule has 0 aromatic heterocycles. The molecule has 4 fully saturated rings. The largest absolute Gasteiger partial charge is 0.508 e. The van der Waals surface area contributed by atoms with Gasteiger partial charge in [-0.2, -0.15) is 0 Å². The molecule has 2 spiro atoms. The van der Waals surface area contributed by atoms with Crippen molar-refractivity contribution in [2.24, 2.45) is 45.1 Å². The summed E-state index contributed by atoms with van der Waals surface area (Å²) in [5, 5.41) is 10.2. The third-order valence-electron chi connectivity index (χ3n) is 12.7. The van der Waals surface area contributed by atoms with Gasteiger partial charge in [-0.15, -0.1) is 0 Å². The van der Waals surface area contributed by atoms with Crippen LogP contribution in [0.5, 0.6) is 5.75 Å². The van der Waals surface area contributed by atoms with Gasteiger partial charge in [0.2, 0.25) is 11.7 Å². The Bertz CT molecular complexity index is 1380. The molecule has 4 atom stereocenters. The normalized spacial score (nSPS) is 26.5. The van der Waals surface area contributed by atoms with E-state index in [9.17, 15) is 29.1 Å². The van der Waals surface area contributed by atoms with E-state index in [1.165, 1.54) is 6.07 Å². The van der Waals surface area contributed by atoms with E-state index in [2.05, 4.69) is 13.8 Å². The molecule has 0 radical (unpaired) electrons. The molecule has 3 aliphatic carbocycles. The summed E-state index contributed by atoms with van der Waals surface area (Å²) in [7, 11) is 0. The third-order valence-corrected chi connectivity index (χ3v) is 12.7. The Kier molecular flexibility index (Phi) is 8.16. The van der Waals surface area contributed by atoms with Gasteiger partial charge in [0.15, 0.2) is 11.6 Å². The molecule has 1 unspecified atom stereocenters. The van der Waals surface area contributed by atoms with Crippen molar-refractivity contribution in [3.63, 3.8) is 0 Å². The number of nitrogens with two attached hydrogens (primary N) is 1. The number of ketones is 3. The molecule has 5 rings (SSSR count). The molecular formula is C36H50N2O6. The predicted octanol–water partition coefficient (Wildman–Crippen LogP) is 5.55. The topological polar surface area (TPSA) is 135 Å². The Morgan fingerprint density at radius 2 is 1.68 bits per heavy atom. The Labute approximate surface area is 261 Å². The first-order chi connectivity index (χ1) is 20.5. The Balaban J connectivity index is 1.45. The number of phenolic OH excluding ortho intramolecular Hbond substituents is 1. The van der Waals surface area contributed by atoms with E-state index in [0.717, 1.165) is 38.5 Å². The zero-order chi connectivity index (χ0) is 32.4. The van der Waals surface area contributed by atoms with E-state index in [1.54, 1.807) is 24.0 Å². The zero-order valence-electron chi connectivity index (χ0n) is 27.3. The van der Waals surface area contributed by atoms with Crippen LogP contribution in [0.2, 0.25) is 0 Å². The van der Waals surface area contributed by atoms with Gasteiger partial charge in [0, 0.05) is 41.8 Å². The minimum Gasteiger partial charge on any atom is -0.508 e. The van der Waals surface area contributed by atoms with E-state index >= 15 is 0 Å².